The van der Waals surface area contributed by atoms with Gasteiger partial charge in [0.2, 0.25) is 0 Å². The average Bonchev–Trinajstić information content (AvgIpc) is 3.00. The Balaban J connectivity index is 2.01. The van der Waals surface area contributed by atoms with Crippen molar-refractivity contribution in [3.05, 3.63) is 64.7 Å². The fourth-order valence-corrected chi connectivity index (χ4v) is 2.76. The van der Waals surface area contributed by atoms with Crippen LogP contribution in [-0.4, -0.2) is 40.7 Å². The Kier molecular flexibility index (Phi) is 4.88. The van der Waals surface area contributed by atoms with Gasteiger partial charge in [-0.2, -0.15) is 23.3 Å². The molecular weight excluding hydrogens is 385 g/mol. The number of amides is 1. The highest BCUT2D eigenvalue weighted by molar-refractivity contribution is 6.30. The van der Waals surface area contributed by atoms with Gasteiger partial charge in [-0.15, -0.1) is 0 Å². The summed E-state index contributed by atoms with van der Waals surface area (Å²) < 4.78 is 45.7. The first-order chi connectivity index (χ1) is 12.7. The van der Waals surface area contributed by atoms with Crippen LogP contribution >= 0.6 is 11.6 Å². The molecule has 0 bridgehead atoms. The van der Waals surface area contributed by atoms with E-state index in [4.69, 9.17) is 16.3 Å². The van der Waals surface area contributed by atoms with Crippen molar-refractivity contribution in [2.45, 2.75) is 18.3 Å². The molecule has 2 aromatic carbocycles. The number of hydrogen-bond donors (Lipinski definition) is 1. The molecule has 0 spiro atoms. The van der Waals surface area contributed by atoms with E-state index in [2.05, 4.69) is 5.10 Å². The van der Waals surface area contributed by atoms with Crippen LogP contribution in [0.25, 0.3) is 0 Å². The molecule has 1 aliphatic rings. The van der Waals surface area contributed by atoms with Gasteiger partial charge < -0.3 is 9.84 Å². The van der Waals surface area contributed by atoms with Gasteiger partial charge in [-0.3, -0.25) is 4.79 Å². The van der Waals surface area contributed by atoms with Crippen LogP contribution in [0.3, 0.4) is 0 Å². The molecule has 0 aromatic heterocycles. The molecule has 0 saturated carbocycles. The van der Waals surface area contributed by atoms with Gasteiger partial charge in [-0.1, -0.05) is 23.7 Å². The molecule has 1 N–H and O–H groups in total. The minimum absolute atomic E-state index is 0.0698. The summed E-state index contributed by atoms with van der Waals surface area (Å²) in [7, 11) is 1.42. The first-order valence-electron chi connectivity index (χ1n) is 7.77. The van der Waals surface area contributed by atoms with E-state index < -0.39 is 24.2 Å². The van der Waals surface area contributed by atoms with E-state index in [1.807, 2.05) is 0 Å². The van der Waals surface area contributed by atoms with Gasteiger partial charge in [0.05, 0.1) is 19.2 Å². The second-order valence-corrected chi connectivity index (χ2v) is 6.33. The zero-order chi connectivity index (χ0) is 19.8. The maximum atomic E-state index is 13.6. The van der Waals surface area contributed by atoms with E-state index in [9.17, 15) is 23.1 Å². The van der Waals surface area contributed by atoms with Crippen molar-refractivity contribution in [3.63, 3.8) is 0 Å². The smallest absolute Gasteiger partial charge is 0.438 e. The Bertz CT molecular complexity index is 882. The van der Waals surface area contributed by atoms with Crippen molar-refractivity contribution in [1.82, 2.24) is 5.01 Å². The first kappa shape index (κ1) is 19.2. The van der Waals surface area contributed by atoms with Gasteiger partial charge in [-0.05, 0) is 42.0 Å². The quantitative estimate of drug-likeness (QED) is 0.854. The molecule has 1 amide bonds. The van der Waals surface area contributed by atoms with Crippen LogP contribution in [-0.2, 0) is 0 Å². The Morgan fingerprint density at radius 2 is 1.78 bits per heavy atom. The molecule has 0 fully saturated rings. The monoisotopic (exact) mass is 398 g/mol. The van der Waals surface area contributed by atoms with Crippen LogP contribution < -0.4 is 4.74 Å². The molecule has 3 rings (SSSR count). The fraction of sp³-hybridized carbons (Fsp3) is 0.222. The number of carbonyl (C=O) groups excluding carboxylic acids is 1. The molecular formula is C18H14ClF3N2O3. The summed E-state index contributed by atoms with van der Waals surface area (Å²) in [4.78, 5) is 12.6. The number of ether oxygens (including phenoxy) is 1. The Labute approximate surface area is 157 Å². The molecule has 2 aromatic rings. The number of methoxy groups -OCH3 is 1. The molecule has 1 atom stereocenters. The molecule has 1 aliphatic heterocycles. The van der Waals surface area contributed by atoms with E-state index in [1.165, 1.54) is 55.6 Å². The molecule has 0 aliphatic carbocycles. The van der Waals surface area contributed by atoms with Crippen LogP contribution in [0.2, 0.25) is 5.02 Å². The maximum absolute atomic E-state index is 13.6. The lowest BCUT2D eigenvalue weighted by Crippen LogP contribution is -2.56. The molecule has 0 unspecified atom stereocenters. The Morgan fingerprint density at radius 1 is 1.19 bits per heavy atom. The molecule has 142 valence electrons. The summed E-state index contributed by atoms with van der Waals surface area (Å²) >= 11 is 5.79. The number of nitrogens with zero attached hydrogens (tertiary/aromatic N) is 2. The third kappa shape index (κ3) is 3.50. The normalized spacial score (nSPS) is 19.8. The van der Waals surface area contributed by atoms with Gasteiger partial charge in [0.1, 0.15) is 5.75 Å². The Hall–Kier alpha value is -2.58. The fourth-order valence-electron chi connectivity index (χ4n) is 2.64. The summed E-state index contributed by atoms with van der Waals surface area (Å²) in [6, 6.07) is 11.4. The highest BCUT2D eigenvalue weighted by Gasteiger charge is 2.63. The van der Waals surface area contributed by atoms with Crippen LogP contribution in [0.1, 0.15) is 22.3 Å². The number of carbonyl (C=O) groups is 1. The second-order valence-electron chi connectivity index (χ2n) is 5.89. The van der Waals surface area contributed by atoms with Gasteiger partial charge in [0, 0.05) is 10.6 Å². The maximum Gasteiger partial charge on any atom is 0.438 e. The number of rotatable bonds is 3. The summed E-state index contributed by atoms with van der Waals surface area (Å²) in [5.74, 6) is -0.647. The van der Waals surface area contributed by atoms with E-state index in [0.29, 0.717) is 16.3 Å². The summed E-state index contributed by atoms with van der Waals surface area (Å²) in [5, 5.41) is 14.6. The standard InChI is InChI=1S/C18H14ClF3N2O3/c1-27-14-8-4-12(5-9-14)16(25)24-17(26,18(20,21)22)10-15(23-24)11-2-6-13(19)7-3-11/h2-9,26H,10H2,1H3/t17-/m1/s1. The molecule has 0 radical (unpaired) electrons. The highest BCUT2D eigenvalue weighted by Crippen LogP contribution is 2.42. The van der Waals surface area contributed by atoms with E-state index in [1.54, 1.807) is 0 Å². The number of hydrazone groups is 1. The number of hydrogen-bond acceptors (Lipinski definition) is 4. The van der Waals surface area contributed by atoms with Gasteiger partial charge in [-0.25, -0.2) is 0 Å². The summed E-state index contributed by atoms with van der Waals surface area (Å²) in [6.45, 7) is 0. The van der Waals surface area contributed by atoms with Crippen LogP contribution in [0.15, 0.2) is 53.6 Å². The molecule has 1 heterocycles. The zero-order valence-corrected chi connectivity index (χ0v) is 14.8. The van der Waals surface area contributed by atoms with Crippen molar-refractivity contribution < 1.29 is 27.8 Å². The number of halogens is 4. The molecule has 5 nitrogen and oxygen atoms in total. The highest BCUT2D eigenvalue weighted by atomic mass is 35.5. The third-order valence-corrected chi connectivity index (χ3v) is 4.40. The van der Waals surface area contributed by atoms with Gasteiger partial charge >= 0.3 is 6.18 Å². The predicted octanol–water partition coefficient (Wildman–Crippen LogP) is 3.85. The van der Waals surface area contributed by atoms with Crippen LogP contribution in [0.4, 0.5) is 13.2 Å². The van der Waals surface area contributed by atoms with Crippen LogP contribution in [0, 0.1) is 0 Å². The average molecular weight is 399 g/mol. The predicted molar refractivity (Wildman–Crippen MR) is 92.8 cm³/mol. The number of benzene rings is 2. The SMILES string of the molecule is COc1ccc(C(=O)N2N=C(c3ccc(Cl)cc3)C[C@@]2(O)C(F)(F)F)cc1. The van der Waals surface area contributed by atoms with E-state index in [-0.39, 0.29) is 16.3 Å². The van der Waals surface area contributed by atoms with Crippen molar-refractivity contribution in [3.8, 4) is 5.75 Å². The second kappa shape index (κ2) is 6.86. The minimum Gasteiger partial charge on any atom is -0.497 e. The van der Waals surface area contributed by atoms with Crippen molar-refractivity contribution in [2.24, 2.45) is 5.10 Å². The molecule has 0 saturated heterocycles. The summed E-state index contributed by atoms with van der Waals surface area (Å²) in [5.41, 5.74) is -3.26. The summed E-state index contributed by atoms with van der Waals surface area (Å²) in [6.07, 6.45) is -5.99. The van der Waals surface area contributed by atoms with E-state index >= 15 is 0 Å². The third-order valence-electron chi connectivity index (χ3n) is 4.15. The molecule has 27 heavy (non-hydrogen) atoms. The van der Waals surface area contributed by atoms with E-state index in [0.717, 1.165) is 0 Å². The number of aliphatic hydroxyl groups is 1. The van der Waals surface area contributed by atoms with Gasteiger partial charge in [0.15, 0.2) is 0 Å². The lowest BCUT2D eigenvalue weighted by Gasteiger charge is -2.32. The van der Waals surface area contributed by atoms with Crippen LogP contribution in [0.5, 0.6) is 5.75 Å². The van der Waals surface area contributed by atoms with Crippen molar-refractivity contribution in [2.75, 3.05) is 7.11 Å². The zero-order valence-electron chi connectivity index (χ0n) is 14.0. The van der Waals surface area contributed by atoms with Gasteiger partial charge in [0.25, 0.3) is 11.6 Å². The lowest BCUT2D eigenvalue weighted by molar-refractivity contribution is -0.297. The number of alkyl halides is 3. The first-order valence-corrected chi connectivity index (χ1v) is 8.14. The molecule has 9 heteroatoms. The minimum atomic E-state index is -5.10. The van der Waals surface area contributed by atoms with Crippen molar-refractivity contribution in [1.29, 1.82) is 0 Å². The van der Waals surface area contributed by atoms with Crippen molar-refractivity contribution >= 4 is 23.2 Å². The Morgan fingerprint density at radius 3 is 2.30 bits per heavy atom. The lowest BCUT2D eigenvalue weighted by atomic mass is 10.0. The topological polar surface area (TPSA) is 62.1 Å². The largest absolute Gasteiger partial charge is 0.497 e.